The number of hydrogen-bond acceptors (Lipinski definition) is 3. The summed E-state index contributed by atoms with van der Waals surface area (Å²) in [6, 6.07) is 6.09. The van der Waals surface area contributed by atoms with Crippen molar-refractivity contribution >= 4 is 15.9 Å². The fraction of sp³-hybridized carbons (Fsp3) is 0.562. The molecule has 0 N–H and O–H groups in total. The summed E-state index contributed by atoms with van der Waals surface area (Å²) in [6.07, 6.45) is 0.382. The quantitative estimate of drug-likeness (QED) is 0.840. The summed E-state index contributed by atoms with van der Waals surface area (Å²) in [7, 11) is -3.15. The molecule has 1 fully saturated rings. The van der Waals surface area contributed by atoms with E-state index in [1.54, 1.807) is 11.8 Å². The number of nitrogens with zero attached hydrogens (tertiary/aromatic N) is 2. The van der Waals surface area contributed by atoms with Gasteiger partial charge in [0.25, 0.3) is 0 Å². The van der Waals surface area contributed by atoms with Crippen LogP contribution >= 0.6 is 0 Å². The van der Waals surface area contributed by atoms with Crippen LogP contribution in [0, 0.1) is 13.8 Å². The van der Waals surface area contributed by atoms with Crippen molar-refractivity contribution in [2.75, 3.05) is 31.9 Å². The van der Waals surface area contributed by atoms with Crippen molar-refractivity contribution in [2.45, 2.75) is 27.2 Å². The summed E-state index contributed by atoms with van der Waals surface area (Å²) in [5.74, 6) is 0.184. The number of carbonyl (C=O) groups excluding carboxylic acids is 1. The first-order chi connectivity index (χ1) is 10.3. The van der Waals surface area contributed by atoms with E-state index in [0.29, 0.717) is 32.6 Å². The Morgan fingerprint density at radius 1 is 1.14 bits per heavy atom. The molecule has 1 amide bonds. The molecule has 22 heavy (non-hydrogen) atoms. The van der Waals surface area contributed by atoms with Crippen molar-refractivity contribution in [3.05, 3.63) is 34.9 Å². The van der Waals surface area contributed by atoms with Gasteiger partial charge in [0.15, 0.2) is 0 Å². The minimum absolute atomic E-state index is 0.0699. The number of benzene rings is 1. The second-order valence-electron chi connectivity index (χ2n) is 5.79. The second kappa shape index (κ2) is 6.79. The largest absolute Gasteiger partial charge is 0.340 e. The van der Waals surface area contributed by atoms with Crippen molar-refractivity contribution < 1.29 is 13.2 Å². The highest BCUT2D eigenvalue weighted by atomic mass is 32.2. The van der Waals surface area contributed by atoms with Gasteiger partial charge in [-0.1, -0.05) is 23.8 Å². The minimum Gasteiger partial charge on any atom is -0.340 e. The predicted molar refractivity (Wildman–Crippen MR) is 87.2 cm³/mol. The molecular formula is C16H24N2O3S. The molecule has 1 aliphatic heterocycles. The average Bonchev–Trinajstić information content (AvgIpc) is 2.50. The third kappa shape index (κ3) is 3.87. The fourth-order valence-corrected chi connectivity index (χ4v) is 3.80. The van der Waals surface area contributed by atoms with E-state index in [1.165, 1.54) is 9.87 Å². The van der Waals surface area contributed by atoms with Crippen molar-refractivity contribution in [3.63, 3.8) is 0 Å². The minimum atomic E-state index is -3.15. The Labute approximate surface area is 133 Å². The zero-order valence-corrected chi connectivity index (χ0v) is 14.3. The van der Waals surface area contributed by atoms with Gasteiger partial charge in [0, 0.05) is 26.2 Å². The molecule has 122 valence electrons. The molecule has 0 saturated carbocycles. The maximum Gasteiger partial charge on any atom is 0.227 e. The van der Waals surface area contributed by atoms with Gasteiger partial charge in [-0.15, -0.1) is 0 Å². The lowest BCUT2D eigenvalue weighted by Crippen LogP contribution is -2.51. The van der Waals surface area contributed by atoms with Gasteiger partial charge in [0.1, 0.15) is 0 Å². The van der Waals surface area contributed by atoms with Crippen molar-refractivity contribution in [3.8, 4) is 0 Å². The molecule has 0 spiro atoms. The maximum absolute atomic E-state index is 12.4. The molecule has 1 aromatic rings. The van der Waals surface area contributed by atoms with Crippen molar-refractivity contribution in [1.82, 2.24) is 9.21 Å². The zero-order valence-electron chi connectivity index (χ0n) is 13.5. The van der Waals surface area contributed by atoms with Gasteiger partial charge >= 0.3 is 0 Å². The summed E-state index contributed by atoms with van der Waals surface area (Å²) < 4.78 is 25.1. The van der Waals surface area contributed by atoms with E-state index < -0.39 is 10.0 Å². The first kappa shape index (κ1) is 17.0. The number of rotatable bonds is 4. The number of hydrogen-bond donors (Lipinski definition) is 0. The Hall–Kier alpha value is -1.40. The summed E-state index contributed by atoms with van der Waals surface area (Å²) >= 11 is 0. The van der Waals surface area contributed by atoms with E-state index in [0.717, 1.165) is 11.1 Å². The van der Waals surface area contributed by atoms with Gasteiger partial charge in [0.05, 0.1) is 12.2 Å². The van der Waals surface area contributed by atoms with Gasteiger partial charge in [-0.05, 0) is 31.9 Å². The zero-order chi connectivity index (χ0) is 16.3. The first-order valence-corrected chi connectivity index (χ1v) is 9.26. The van der Waals surface area contributed by atoms with Gasteiger partial charge in [-0.3, -0.25) is 4.79 Å². The van der Waals surface area contributed by atoms with E-state index in [9.17, 15) is 13.2 Å². The SMILES string of the molecule is CCS(=O)(=O)N1CCN(C(=O)Cc2ccc(C)cc2C)CC1. The molecule has 1 aliphatic rings. The Morgan fingerprint density at radius 2 is 1.77 bits per heavy atom. The van der Waals surface area contributed by atoms with E-state index in [2.05, 4.69) is 6.07 Å². The number of aryl methyl sites for hydroxylation is 2. The standard InChI is InChI=1S/C16H24N2O3S/c1-4-22(20,21)18-9-7-17(8-10-18)16(19)12-15-6-5-13(2)11-14(15)3/h5-6,11H,4,7-10,12H2,1-3H3. The van der Waals surface area contributed by atoms with Crippen molar-refractivity contribution in [2.24, 2.45) is 0 Å². The highest BCUT2D eigenvalue weighted by molar-refractivity contribution is 7.89. The molecule has 5 nitrogen and oxygen atoms in total. The summed E-state index contributed by atoms with van der Waals surface area (Å²) in [4.78, 5) is 14.2. The molecule has 0 radical (unpaired) electrons. The van der Waals surface area contributed by atoms with E-state index >= 15 is 0 Å². The molecular weight excluding hydrogens is 300 g/mol. The predicted octanol–water partition coefficient (Wildman–Crippen LogP) is 1.34. The third-order valence-corrected chi connectivity index (χ3v) is 6.07. The number of carbonyl (C=O) groups is 1. The Bertz CT molecular complexity index is 647. The Kier molecular flexibility index (Phi) is 5.24. The Balaban J connectivity index is 1.95. The highest BCUT2D eigenvalue weighted by Gasteiger charge is 2.27. The molecule has 1 saturated heterocycles. The lowest BCUT2D eigenvalue weighted by atomic mass is 10.0. The van der Waals surface area contributed by atoms with Crippen LogP contribution in [0.15, 0.2) is 18.2 Å². The van der Waals surface area contributed by atoms with Crippen LogP contribution in [0.1, 0.15) is 23.6 Å². The normalized spacial score (nSPS) is 16.8. The van der Waals surface area contributed by atoms with Gasteiger partial charge in [-0.2, -0.15) is 4.31 Å². The fourth-order valence-electron chi connectivity index (χ4n) is 2.72. The summed E-state index contributed by atoms with van der Waals surface area (Å²) in [6.45, 7) is 7.44. The van der Waals surface area contributed by atoms with Crippen LogP contribution in [-0.2, 0) is 21.2 Å². The van der Waals surface area contributed by atoms with Crippen LogP contribution < -0.4 is 0 Å². The molecule has 6 heteroatoms. The number of piperazine rings is 1. The lowest BCUT2D eigenvalue weighted by Gasteiger charge is -2.34. The van der Waals surface area contributed by atoms with Crippen molar-refractivity contribution in [1.29, 1.82) is 0 Å². The molecule has 1 heterocycles. The maximum atomic E-state index is 12.4. The monoisotopic (exact) mass is 324 g/mol. The highest BCUT2D eigenvalue weighted by Crippen LogP contribution is 2.14. The van der Waals surface area contributed by atoms with E-state index in [1.807, 2.05) is 26.0 Å². The van der Waals surface area contributed by atoms with Crippen LogP contribution in [0.4, 0.5) is 0 Å². The number of amides is 1. The smallest absolute Gasteiger partial charge is 0.227 e. The van der Waals surface area contributed by atoms with Crippen LogP contribution in [0.25, 0.3) is 0 Å². The molecule has 0 atom stereocenters. The molecule has 0 bridgehead atoms. The summed E-state index contributed by atoms with van der Waals surface area (Å²) in [5.41, 5.74) is 3.35. The summed E-state index contributed by atoms with van der Waals surface area (Å²) in [5, 5.41) is 0. The Morgan fingerprint density at radius 3 is 2.32 bits per heavy atom. The topological polar surface area (TPSA) is 57.7 Å². The molecule has 1 aromatic carbocycles. The first-order valence-electron chi connectivity index (χ1n) is 7.65. The van der Waals surface area contributed by atoms with Crippen LogP contribution in [0.2, 0.25) is 0 Å². The molecule has 0 unspecified atom stereocenters. The van der Waals surface area contributed by atoms with E-state index in [-0.39, 0.29) is 11.7 Å². The van der Waals surface area contributed by atoms with E-state index in [4.69, 9.17) is 0 Å². The van der Waals surface area contributed by atoms with Crippen LogP contribution in [-0.4, -0.2) is 55.5 Å². The van der Waals surface area contributed by atoms with Gasteiger partial charge in [-0.25, -0.2) is 8.42 Å². The number of sulfonamides is 1. The molecule has 0 aliphatic carbocycles. The molecule has 2 rings (SSSR count). The van der Waals surface area contributed by atoms with Gasteiger partial charge in [0.2, 0.25) is 15.9 Å². The molecule has 0 aromatic heterocycles. The second-order valence-corrected chi connectivity index (χ2v) is 8.04. The van der Waals surface area contributed by atoms with Crippen LogP contribution in [0.3, 0.4) is 0 Å². The van der Waals surface area contributed by atoms with Crippen LogP contribution in [0.5, 0.6) is 0 Å². The third-order valence-electron chi connectivity index (χ3n) is 4.19. The van der Waals surface area contributed by atoms with Gasteiger partial charge < -0.3 is 4.90 Å². The average molecular weight is 324 g/mol. The lowest BCUT2D eigenvalue weighted by molar-refractivity contribution is -0.131.